The molecule has 0 radical (unpaired) electrons. The van der Waals surface area contributed by atoms with Gasteiger partial charge < -0.3 is 25.8 Å². The molecule has 156 valence electrons. The Morgan fingerprint density at radius 2 is 1.48 bits per heavy atom. The first-order valence-corrected chi connectivity index (χ1v) is 10.5. The maximum atomic E-state index is 9.27. The van der Waals surface area contributed by atoms with E-state index in [1.165, 1.54) is 51.4 Å². The molecule has 0 amide bonds. The quantitative estimate of drug-likeness (QED) is 0.259. The summed E-state index contributed by atoms with van der Waals surface area (Å²) in [6.07, 6.45) is 10.8. The zero-order chi connectivity index (χ0) is 20.0. The van der Waals surface area contributed by atoms with E-state index in [-0.39, 0.29) is 0 Å². The molecule has 1 aromatic rings. The fourth-order valence-corrected chi connectivity index (χ4v) is 3.02. The van der Waals surface area contributed by atoms with Gasteiger partial charge in [0, 0.05) is 0 Å². The van der Waals surface area contributed by atoms with E-state index in [0.717, 1.165) is 24.3 Å². The molecule has 5 heteroatoms. The van der Waals surface area contributed by atoms with Crippen LogP contribution in [0.25, 0.3) is 0 Å². The number of hydrogen-bond donors (Lipinski definition) is 4. The van der Waals surface area contributed by atoms with Crippen molar-refractivity contribution in [2.24, 2.45) is 5.73 Å². The van der Waals surface area contributed by atoms with Crippen LogP contribution in [0.1, 0.15) is 76.7 Å². The number of ether oxygens (including phenoxy) is 1. The summed E-state index contributed by atoms with van der Waals surface area (Å²) in [5.41, 5.74) is 5.43. The zero-order valence-corrected chi connectivity index (χ0v) is 16.9. The molecule has 0 spiro atoms. The third-order valence-corrected chi connectivity index (χ3v) is 5.13. The van der Waals surface area contributed by atoms with Crippen LogP contribution in [0.2, 0.25) is 0 Å². The molecule has 1 atom stereocenters. The van der Waals surface area contributed by atoms with E-state index < -0.39 is 18.4 Å². The third-order valence-electron chi connectivity index (χ3n) is 5.13. The lowest BCUT2D eigenvalue weighted by atomic mass is 9.92. The maximum absolute atomic E-state index is 9.27. The second-order valence-electron chi connectivity index (χ2n) is 7.59. The van der Waals surface area contributed by atoms with Gasteiger partial charge in [-0.05, 0) is 37.0 Å². The summed E-state index contributed by atoms with van der Waals surface area (Å²) >= 11 is 0. The van der Waals surface area contributed by atoms with E-state index in [9.17, 15) is 15.3 Å². The molecule has 27 heavy (non-hydrogen) atoms. The van der Waals surface area contributed by atoms with Gasteiger partial charge >= 0.3 is 0 Å². The predicted molar refractivity (Wildman–Crippen MR) is 110 cm³/mol. The fraction of sp³-hybridized carbons (Fsp3) is 0.727. The highest BCUT2D eigenvalue weighted by atomic mass is 16.5. The largest absolute Gasteiger partial charge is 0.494 e. The first kappa shape index (κ1) is 23.9. The van der Waals surface area contributed by atoms with Crippen LogP contribution in [-0.2, 0) is 6.42 Å². The van der Waals surface area contributed by atoms with Gasteiger partial charge in [-0.25, -0.2) is 0 Å². The number of unbranched alkanes of at least 4 members (excludes halogenated alkanes) is 8. The van der Waals surface area contributed by atoms with Crippen molar-refractivity contribution in [3.05, 3.63) is 29.8 Å². The Labute approximate surface area is 164 Å². The van der Waals surface area contributed by atoms with Gasteiger partial charge in [-0.15, -0.1) is 0 Å². The van der Waals surface area contributed by atoms with Crippen molar-refractivity contribution in [2.75, 3.05) is 13.2 Å². The summed E-state index contributed by atoms with van der Waals surface area (Å²) in [7, 11) is 0. The van der Waals surface area contributed by atoms with Crippen LogP contribution >= 0.6 is 0 Å². The van der Waals surface area contributed by atoms with E-state index in [1.54, 1.807) is 0 Å². The maximum Gasteiger partial charge on any atom is 0.172 e. The lowest BCUT2D eigenvalue weighted by Crippen LogP contribution is -2.54. The Balaban J connectivity index is 2.14. The van der Waals surface area contributed by atoms with Gasteiger partial charge in [-0.3, -0.25) is 0 Å². The monoisotopic (exact) mass is 381 g/mol. The molecule has 0 saturated heterocycles. The molecule has 5 nitrogen and oxygen atoms in total. The van der Waals surface area contributed by atoms with Crippen molar-refractivity contribution >= 4 is 0 Å². The fourth-order valence-electron chi connectivity index (χ4n) is 3.02. The molecule has 0 fully saturated rings. The summed E-state index contributed by atoms with van der Waals surface area (Å²) < 4.78 is 5.78. The molecule has 0 aliphatic rings. The van der Waals surface area contributed by atoms with Gasteiger partial charge in [0.2, 0.25) is 0 Å². The van der Waals surface area contributed by atoms with Crippen molar-refractivity contribution < 1.29 is 20.1 Å². The van der Waals surface area contributed by atoms with Gasteiger partial charge in [0.05, 0.1) is 18.8 Å². The Morgan fingerprint density at radius 1 is 0.926 bits per heavy atom. The molecule has 0 aliphatic carbocycles. The number of benzene rings is 1. The standard InChI is InChI=1S/C22H39NO4/c1-2-3-4-5-6-7-8-9-10-17-27-20-13-11-19(12-14-20)15-16-22(23,18-24)21(25)26/h11-14,21,24-26H,2-10,15-18,23H2,1H3. The van der Waals surface area contributed by atoms with Gasteiger partial charge in [-0.2, -0.15) is 0 Å². The van der Waals surface area contributed by atoms with Crippen LogP contribution in [-0.4, -0.2) is 40.4 Å². The lowest BCUT2D eigenvalue weighted by Gasteiger charge is -2.28. The second-order valence-corrected chi connectivity index (χ2v) is 7.59. The van der Waals surface area contributed by atoms with Crippen LogP contribution in [0.4, 0.5) is 0 Å². The Morgan fingerprint density at radius 3 is 2.00 bits per heavy atom. The predicted octanol–water partition coefficient (Wildman–Crippen LogP) is 3.53. The van der Waals surface area contributed by atoms with Crippen molar-refractivity contribution in [3.8, 4) is 5.75 Å². The van der Waals surface area contributed by atoms with E-state index in [4.69, 9.17) is 10.5 Å². The molecule has 0 bridgehead atoms. The van der Waals surface area contributed by atoms with E-state index in [0.29, 0.717) is 12.8 Å². The van der Waals surface area contributed by atoms with Gasteiger partial charge in [0.25, 0.3) is 0 Å². The number of aryl methyl sites for hydroxylation is 1. The smallest absolute Gasteiger partial charge is 0.172 e. The molecule has 1 aromatic carbocycles. The number of rotatable bonds is 16. The average Bonchev–Trinajstić information content (AvgIpc) is 2.68. The van der Waals surface area contributed by atoms with E-state index in [2.05, 4.69) is 6.92 Å². The Kier molecular flexibility index (Phi) is 12.3. The molecule has 0 aliphatic heterocycles. The van der Waals surface area contributed by atoms with Gasteiger partial charge in [0.15, 0.2) is 6.29 Å². The van der Waals surface area contributed by atoms with Crippen molar-refractivity contribution in [1.82, 2.24) is 0 Å². The third kappa shape index (κ3) is 10.1. The van der Waals surface area contributed by atoms with E-state index >= 15 is 0 Å². The normalized spacial score (nSPS) is 13.7. The molecular weight excluding hydrogens is 342 g/mol. The first-order valence-electron chi connectivity index (χ1n) is 10.5. The number of aliphatic hydroxyl groups is 3. The van der Waals surface area contributed by atoms with Crippen LogP contribution in [0.15, 0.2) is 24.3 Å². The highest BCUT2D eigenvalue weighted by Crippen LogP contribution is 2.18. The highest BCUT2D eigenvalue weighted by molar-refractivity contribution is 5.27. The van der Waals surface area contributed by atoms with Crippen molar-refractivity contribution in [2.45, 2.75) is 89.4 Å². The lowest BCUT2D eigenvalue weighted by molar-refractivity contribution is -0.112. The number of hydrogen-bond acceptors (Lipinski definition) is 5. The van der Waals surface area contributed by atoms with Crippen LogP contribution in [0.5, 0.6) is 5.75 Å². The summed E-state index contributed by atoms with van der Waals surface area (Å²) in [4.78, 5) is 0. The SMILES string of the molecule is CCCCCCCCCCCOc1ccc(CCC(N)(CO)C(O)O)cc1. The van der Waals surface area contributed by atoms with Crippen molar-refractivity contribution in [3.63, 3.8) is 0 Å². The molecule has 0 saturated carbocycles. The highest BCUT2D eigenvalue weighted by Gasteiger charge is 2.31. The average molecular weight is 382 g/mol. The van der Waals surface area contributed by atoms with E-state index in [1.807, 2.05) is 24.3 Å². The zero-order valence-electron chi connectivity index (χ0n) is 16.9. The molecule has 1 rings (SSSR count). The second kappa shape index (κ2) is 13.9. The Bertz CT molecular complexity index is 478. The van der Waals surface area contributed by atoms with Crippen LogP contribution in [0, 0.1) is 0 Å². The molecule has 0 aromatic heterocycles. The van der Waals surface area contributed by atoms with Crippen molar-refractivity contribution in [1.29, 1.82) is 0 Å². The topological polar surface area (TPSA) is 95.9 Å². The minimum Gasteiger partial charge on any atom is -0.494 e. The summed E-state index contributed by atoms with van der Waals surface area (Å²) in [6, 6.07) is 7.76. The first-order chi connectivity index (χ1) is 13.0. The summed E-state index contributed by atoms with van der Waals surface area (Å²) in [5, 5.41) is 27.8. The number of nitrogens with two attached hydrogens (primary N) is 1. The van der Waals surface area contributed by atoms with Gasteiger partial charge in [0.1, 0.15) is 5.75 Å². The van der Waals surface area contributed by atoms with Crippen LogP contribution < -0.4 is 10.5 Å². The summed E-state index contributed by atoms with van der Waals surface area (Å²) in [6.45, 7) is 2.52. The minimum atomic E-state index is -1.73. The molecule has 1 unspecified atom stereocenters. The molecule has 5 N–H and O–H groups in total. The molecule has 0 heterocycles. The Hall–Kier alpha value is -1.14. The van der Waals surface area contributed by atoms with Crippen LogP contribution in [0.3, 0.4) is 0 Å². The number of aliphatic hydroxyl groups excluding tert-OH is 2. The molecular formula is C22H39NO4. The van der Waals surface area contributed by atoms with Gasteiger partial charge in [-0.1, -0.05) is 70.4 Å². The minimum absolute atomic E-state index is 0.291. The summed E-state index contributed by atoms with van der Waals surface area (Å²) in [5.74, 6) is 0.849.